The first-order valence-corrected chi connectivity index (χ1v) is 6.91. The van der Waals surface area contributed by atoms with Crippen LogP contribution in [0.15, 0.2) is 30.3 Å². The Labute approximate surface area is 104 Å². The number of hydrogen-bond donors (Lipinski definition) is 1. The summed E-state index contributed by atoms with van der Waals surface area (Å²) in [5, 5.41) is 10.8. The van der Waals surface area contributed by atoms with E-state index in [1.807, 2.05) is 18.2 Å². The van der Waals surface area contributed by atoms with Crippen molar-refractivity contribution in [1.82, 2.24) is 0 Å². The average molecular weight is 314 g/mol. The van der Waals surface area contributed by atoms with Crippen LogP contribution in [0.1, 0.15) is 24.8 Å². The molecule has 3 rings (SSSR count). The van der Waals surface area contributed by atoms with E-state index in [4.69, 9.17) is 0 Å². The highest BCUT2D eigenvalue weighted by Gasteiger charge is 2.62. The van der Waals surface area contributed by atoms with Gasteiger partial charge in [0.05, 0.1) is 5.60 Å². The molecule has 0 saturated heterocycles. The molecule has 1 aromatic carbocycles. The van der Waals surface area contributed by atoms with Crippen LogP contribution < -0.4 is 0 Å². The molecule has 15 heavy (non-hydrogen) atoms. The van der Waals surface area contributed by atoms with E-state index < -0.39 is 5.60 Å². The summed E-state index contributed by atoms with van der Waals surface area (Å²) in [7, 11) is 0. The molecule has 1 N–H and O–H groups in total. The van der Waals surface area contributed by atoms with Crippen molar-refractivity contribution in [1.29, 1.82) is 0 Å². The van der Waals surface area contributed by atoms with Gasteiger partial charge in [0.2, 0.25) is 0 Å². The summed E-state index contributed by atoms with van der Waals surface area (Å²) in [6.07, 6.45) is 3.68. The third-order valence-corrected chi connectivity index (χ3v) is 5.90. The highest BCUT2D eigenvalue weighted by Crippen LogP contribution is 2.61. The van der Waals surface area contributed by atoms with Crippen molar-refractivity contribution in [2.45, 2.75) is 28.8 Å². The number of aliphatic hydroxyl groups is 1. The minimum atomic E-state index is -0.509. The van der Waals surface area contributed by atoms with Crippen LogP contribution in [0, 0.1) is 11.8 Å². The summed E-state index contributed by atoms with van der Waals surface area (Å²) >= 11 is 2.52. The van der Waals surface area contributed by atoms with Crippen LogP contribution >= 0.6 is 22.6 Å². The highest BCUT2D eigenvalue weighted by molar-refractivity contribution is 14.1. The number of halogens is 1. The first-order chi connectivity index (χ1) is 7.24. The Balaban J connectivity index is 1.99. The third kappa shape index (κ3) is 1.24. The van der Waals surface area contributed by atoms with Crippen molar-refractivity contribution in [2.75, 3.05) is 0 Å². The number of hydrogen-bond acceptors (Lipinski definition) is 1. The van der Waals surface area contributed by atoms with Gasteiger partial charge in [-0.1, -0.05) is 59.3 Å². The largest absolute Gasteiger partial charge is 0.385 e. The summed E-state index contributed by atoms with van der Waals surface area (Å²) in [4.78, 5) is 0. The van der Waals surface area contributed by atoms with Gasteiger partial charge in [-0.15, -0.1) is 0 Å². The van der Waals surface area contributed by atoms with E-state index in [1.165, 1.54) is 19.3 Å². The smallest absolute Gasteiger partial charge is 0.0972 e. The van der Waals surface area contributed by atoms with Gasteiger partial charge in [0, 0.05) is 15.8 Å². The van der Waals surface area contributed by atoms with E-state index >= 15 is 0 Å². The maximum atomic E-state index is 10.8. The molecular weight excluding hydrogens is 299 g/mol. The van der Waals surface area contributed by atoms with Crippen LogP contribution in [0.3, 0.4) is 0 Å². The fourth-order valence-electron chi connectivity index (χ4n) is 3.37. The van der Waals surface area contributed by atoms with Crippen molar-refractivity contribution >= 4 is 22.6 Å². The first kappa shape index (κ1) is 10.1. The topological polar surface area (TPSA) is 20.2 Å². The van der Waals surface area contributed by atoms with E-state index in [9.17, 15) is 5.11 Å². The molecule has 80 valence electrons. The van der Waals surface area contributed by atoms with E-state index in [1.54, 1.807) is 0 Å². The molecule has 2 aliphatic rings. The van der Waals surface area contributed by atoms with Crippen molar-refractivity contribution in [3.8, 4) is 0 Å². The van der Waals surface area contributed by atoms with Gasteiger partial charge in [0.1, 0.15) is 0 Å². The van der Waals surface area contributed by atoms with Gasteiger partial charge in [-0.2, -0.15) is 0 Å². The molecule has 0 aromatic heterocycles. The minimum Gasteiger partial charge on any atom is -0.385 e. The molecule has 2 unspecified atom stereocenters. The molecule has 2 saturated carbocycles. The normalized spacial score (nSPS) is 43.5. The summed E-state index contributed by atoms with van der Waals surface area (Å²) < 4.78 is 0.682. The van der Waals surface area contributed by atoms with E-state index in [2.05, 4.69) is 34.7 Å². The number of fused-ring (bicyclic) bond motifs is 2. The summed E-state index contributed by atoms with van der Waals surface area (Å²) in [6.45, 7) is 0. The third-order valence-electron chi connectivity index (χ3n) is 4.17. The lowest BCUT2D eigenvalue weighted by Gasteiger charge is -2.60. The molecule has 2 heteroatoms. The van der Waals surface area contributed by atoms with E-state index in [0.717, 1.165) is 5.56 Å². The van der Waals surface area contributed by atoms with E-state index in [0.29, 0.717) is 15.8 Å². The molecule has 1 nitrogen and oxygen atoms in total. The standard InChI is InChI=1S/C13H15IO/c14-12-10-7-4-8-11(12)13(10,15)9-5-2-1-3-6-9/h1-3,5-6,10-12,15H,4,7-8H2. The van der Waals surface area contributed by atoms with Crippen LogP contribution in [-0.4, -0.2) is 9.03 Å². The maximum absolute atomic E-state index is 10.8. The summed E-state index contributed by atoms with van der Waals surface area (Å²) in [6, 6.07) is 10.2. The minimum absolute atomic E-state index is 0.485. The molecule has 2 aliphatic carbocycles. The zero-order valence-corrected chi connectivity index (χ0v) is 10.7. The fraction of sp³-hybridized carbons (Fsp3) is 0.538. The highest BCUT2D eigenvalue weighted by atomic mass is 127. The number of benzene rings is 1. The molecule has 0 heterocycles. The molecule has 0 radical (unpaired) electrons. The predicted molar refractivity (Wildman–Crippen MR) is 69.0 cm³/mol. The molecule has 0 aliphatic heterocycles. The van der Waals surface area contributed by atoms with Gasteiger partial charge in [0.15, 0.2) is 0 Å². The van der Waals surface area contributed by atoms with Gasteiger partial charge in [-0.3, -0.25) is 0 Å². The van der Waals surface area contributed by atoms with Crippen LogP contribution in [0.4, 0.5) is 0 Å². The second-order valence-corrected chi connectivity index (χ2v) is 6.22. The molecule has 1 aromatic rings. The van der Waals surface area contributed by atoms with Crippen molar-refractivity contribution < 1.29 is 5.11 Å². The SMILES string of the molecule is OC1(c2ccccc2)C2CCCC1C2I. The van der Waals surface area contributed by atoms with Gasteiger partial charge in [-0.05, 0) is 18.4 Å². The van der Waals surface area contributed by atoms with Crippen LogP contribution in [0.2, 0.25) is 0 Å². The maximum Gasteiger partial charge on any atom is 0.0972 e. The van der Waals surface area contributed by atoms with Crippen LogP contribution in [-0.2, 0) is 5.60 Å². The summed E-state index contributed by atoms with van der Waals surface area (Å²) in [5.74, 6) is 0.971. The number of alkyl halides is 1. The Bertz CT molecular complexity index is 350. The van der Waals surface area contributed by atoms with Crippen molar-refractivity contribution in [3.05, 3.63) is 35.9 Å². The predicted octanol–water partition coefficient (Wildman–Crippen LogP) is 3.11. The fourth-order valence-corrected chi connectivity index (χ4v) is 5.19. The second kappa shape index (κ2) is 3.45. The lowest BCUT2D eigenvalue weighted by atomic mass is 9.52. The van der Waals surface area contributed by atoms with E-state index in [-0.39, 0.29) is 0 Å². The van der Waals surface area contributed by atoms with Gasteiger partial charge in [0.25, 0.3) is 0 Å². The van der Waals surface area contributed by atoms with Crippen LogP contribution in [0.5, 0.6) is 0 Å². The molecule has 2 atom stereocenters. The zero-order chi connectivity index (χ0) is 10.5. The van der Waals surface area contributed by atoms with Gasteiger partial charge in [-0.25, -0.2) is 0 Å². The Morgan fingerprint density at radius 3 is 2.27 bits per heavy atom. The monoisotopic (exact) mass is 314 g/mol. The lowest BCUT2D eigenvalue weighted by molar-refractivity contribution is -0.173. The zero-order valence-electron chi connectivity index (χ0n) is 8.57. The lowest BCUT2D eigenvalue weighted by Crippen LogP contribution is -2.63. The quantitative estimate of drug-likeness (QED) is 0.624. The van der Waals surface area contributed by atoms with Gasteiger partial charge < -0.3 is 5.11 Å². The summed E-state index contributed by atoms with van der Waals surface area (Å²) in [5.41, 5.74) is 0.623. The molecule has 2 bridgehead atoms. The Hall–Kier alpha value is -0.0900. The Morgan fingerprint density at radius 2 is 1.73 bits per heavy atom. The molecule has 0 amide bonds. The second-order valence-electron chi connectivity index (χ2n) is 4.78. The van der Waals surface area contributed by atoms with Crippen LogP contribution in [0.25, 0.3) is 0 Å². The Morgan fingerprint density at radius 1 is 1.13 bits per heavy atom. The van der Waals surface area contributed by atoms with Gasteiger partial charge >= 0.3 is 0 Å². The molecular formula is C13H15IO. The van der Waals surface area contributed by atoms with Crippen molar-refractivity contribution in [3.63, 3.8) is 0 Å². The van der Waals surface area contributed by atoms with Crippen molar-refractivity contribution in [2.24, 2.45) is 11.8 Å². The number of rotatable bonds is 1. The first-order valence-electron chi connectivity index (χ1n) is 5.66. The molecule has 0 spiro atoms. The Kier molecular flexibility index (Phi) is 2.32. The average Bonchev–Trinajstić information content (AvgIpc) is 2.31. The molecule has 2 fully saturated rings.